The van der Waals surface area contributed by atoms with Gasteiger partial charge in [-0.05, 0) is 50.1 Å². The van der Waals surface area contributed by atoms with Crippen LogP contribution in [0.4, 0.5) is 5.82 Å². The van der Waals surface area contributed by atoms with Crippen LogP contribution in [0, 0.1) is 0 Å². The molecule has 1 saturated heterocycles. The van der Waals surface area contributed by atoms with Crippen molar-refractivity contribution >= 4 is 11.7 Å². The number of ether oxygens (including phenoxy) is 1. The second kappa shape index (κ2) is 9.15. The summed E-state index contributed by atoms with van der Waals surface area (Å²) in [6.45, 7) is 2.86. The van der Waals surface area contributed by atoms with E-state index in [0.717, 1.165) is 43.9 Å². The molecule has 7 nitrogen and oxygen atoms in total. The zero-order chi connectivity index (χ0) is 18.2. The monoisotopic (exact) mass is 355 g/mol. The lowest BCUT2D eigenvalue weighted by molar-refractivity contribution is 0.0933. The third-order valence-corrected chi connectivity index (χ3v) is 4.36. The maximum Gasteiger partial charge on any atom is 0.251 e. The van der Waals surface area contributed by atoms with E-state index in [1.165, 1.54) is 0 Å². The van der Waals surface area contributed by atoms with Crippen LogP contribution in [0.25, 0.3) is 0 Å². The van der Waals surface area contributed by atoms with Gasteiger partial charge in [0.15, 0.2) is 0 Å². The highest BCUT2D eigenvalue weighted by atomic mass is 16.5. The summed E-state index contributed by atoms with van der Waals surface area (Å²) < 4.78 is 5.56. The Labute approximate surface area is 153 Å². The number of rotatable bonds is 7. The van der Waals surface area contributed by atoms with E-state index in [-0.39, 0.29) is 11.9 Å². The molecule has 0 saturated carbocycles. The molecule has 3 rings (SSSR count). The molecule has 7 heteroatoms. The van der Waals surface area contributed by atoms with E-state index in [4.69, 9.17) is 10.5 Å². The van der Waals surface area contributed by atoms with E-state index in [0.29, 0.717) is 18.7 Å². The van der Waals surface area contributed by atoms with Crippen LogP contribution in [-0.2, 0) is 0 Å². The fraction of sp³-hybridized carbons (Fsp3) is 0.421. The third-order valence-electron chi connectivity index (χ3n) is 4.36. The first-order valence-electron chi connectivity index (χ1n) is 9.01. The minimum absolute atomic E-state index is 0.0653. The summed E-state index contributed by atoms with van der Waals surface area (Å²) in [6, 6.07) is 7.31. The number of hydrogen-bond acceptors (Lipinski definition) is 6. The van der Waals surface area contributed by atoms with Crippen LogP contribution in [0.2, 0.25) is 0 Å². The van der Waals surface area contributed by atoms with Crippen LogP contribution in [0.3, 0.4) is 0 Å². The number of piperidine rings is 1. The van der Waals surface area contributed by atoms with Crippen LogP contribution in [-0.4, -0.2) is 48.2 Å². The molecule has 1 aliphatic heterocycles. The molecule has 2 aromatic rings. The van der Waals surface area contributed by atoms with E-state index in [9.17, 15) is 4.79 Å². The zero-order valence-corrected chi connectivity index (χ0v) is 14.8. The molecule has 2 heterocycles. The molecule has 1 aromatic carbocycles. The number of hydrogen-bond donors (Lipinski definition) is 2. The molecule has 0 aliphatic carbocycles. The lowest BCUT2D eigenvalue weighted by Crippen LogP contribution is -2.48. The molecular formula is C19H25N5O2. The van der Waals surface area contributed by atoms with Crippen molar-refractivity contribution in [3.63, 3.8) is 0 Å². The maximum atomic E-state index is 12.5. The van der Waals surface area contributed by atoms with Crippen LogP contribution in [0.15, 0.2) is 42.9 Å². The highest BCUT2D eigenvalue weighted by molar-refractivity contribution is 5.94. The second-order valence-corrected chi connectivity index (χ2v) is 6.34. The SMILES string of the molecule is NCCCOc1ccc(C(=O)N[C@@H]2CCCN(c3cnccn3)C2)cc1. The number of aromatic nitrogens is 2. The first-order chi connectivity index (χ1) is 12.8. The minimum Gasteiger partial charge on any atom is -0.494 e. The van der Waals surface area contributed by atoms with Crippen molar-refractivity contribution in [3.8, 4) is 5.75 Å². The number of nitrogens with two attached hydrogens (primary N) is 1. The average Bonchev–Trinajstić information content (AvgIpc) is 2.69. The van der Waals surface area contributed by atoms with Crippen LogP contribution in [0.5, 0.6) is 5.75 Å². The van der Waals surface area contributed by atoms with Crippen molar-refractivity contribution in [3.05, 3.63) is 48.4 Å². The number of nitrogens with one attached hydrogen (secondary N) is 1. The Morgan fingerprint density at radius 2 is 2.15 bits per heavy atom. The highest BCUT2D eigenvalue weighted by Gasteiger charge is 2.22. The van der Waals surface area contributed by atoms with E-state index < -0.39 is 0 Å². The molecule has 1 fully saturated rings. The van der Waals surface area contributed by atoms with Gasteiger partial charge in [0.1, 0.15) is 11.6 Å². The predicted octanol–water partition coefficient (Wildman–Crippen LogP) is 1.60. The van der Waals surface area contributed by atoms with E-state index in [1.807, 2.05) is 12.1 Å². The molecule has 0 unspecified atom stereocenters. The van der Waals surface area contributed by atoms with E-state index in [2.05, 4.69) is 20.2 Å². The summed E-state index contributed by atoms with van der Waals surface area (Å²) in [6.07, 6.45) is 7.89. The summed E-state index contributed by atoms with van der Waals surface area (Å²) >= 11 is 0. The number of benzene rings is 1. The predicted molar refractivity (Wildman–Crippen MR) is 100 cm³/mol. The summed E-state index contributed by atoms with van der Waals surface area (Å²) in [4.78, 5) is 23.1. The summed E-state index contributed by atoms with van der Waals surface area (Å²) in [5.41, 5.74) is 6.08. The molecule has 0 spiro atoms. The van der Waals surface area contributed by atoms with Crippen molar-refractivity contribution in [2.75, 3.05) is 31.1 Å². The molecule has 0 radical (unpaired) electrons. The first-order valence-corrected chi connectivity index (χ1v) is 9.01. The van der Waals surface area contributed by atoms with Gasteiger partial charge in [-0.3, -0.25) is 9.78 Å². The Morgan fingerprint density at radius 3 is 2.88 bits per heavy atom. The van der Waals surface area contributed by atoms with Crippen LogP contribution < -0.4 is 20.7 Å². The number of anilines is 1. The Kier molecular flexibility index (Phi) is 6.38. The van der Waals surface area contributed by atoms with Crippen molar-refractivity contribution in [2.45, 2.75) is 25.3 Å². The summed E-state index contributed by atoms with van der Waals surface area (Å²) in [7, 11) is 0. The van der Waals surface area contributed by atoms with Crippen LogP contribution in [0.1, 0.15) is 29.6 Å². The topological polar surface area (TPSA) is 93.4 Å². The first kappa shape index (κ1) is 18.1. The Bertz CT molecular complexity index is 693. The fourth-order valence-corrected chi connectivity index (χ4v) is 3.00. The van der Waals surface area contributed by atoms with Gasteiger partial charge in [0.25, 0.3) is 5.91 Å². The summed E-state index contributed by atoms with van der Waals surface area (Å²) in [5.74, 6) is 1.54. The lowest BCUT2D eigenvalue weighted by Gasteiger charge is -2.33. The molecule has 0 bridgehead atoms. The van der Waals surface area contributed by atoms with Gasteiger partial charge < -0.3 is 20.7 Å². The van der Waals surface area contributed by atoms with E-state index >= 15 is 0 Å². The molecule has 3 N–H and O–H groups in total. The van der Waals surface area contributed by atoms with E-state index in [1.54, 1.807) is 30.7 Å². The molecule has 26 heavy (non-hydrogen) atoms. The van der Waals surface area contributed by atoms with Crippen molar-refractivity contribution in [2.24, 2.45) is 5.73 Å². The second-order valence-electron chi connectivity index (χ2n) is 6.34. The minimum atomic E-state index is -0.0653. The van der Waals surface area contributed by atoms with Gasteiger partial charge in [0.05, 0.1) is 12.8 Å². The standard InChI is InChI=1S/C19H25N5O2/c20-8-2-12-26-17-6-4-15(5-7-17)19(25)23-16-3-1-11-24(14-16)18-13-21-9-10-22-18/h4-7,9-10,13,16H,1-3,8,11-12,14,20H2,(H,23,25)/t16-/m1/s1. The number of carbonyl (C=O) groups excluding carboxylic acids is 1. The number of nitrogens with zero attached hydrogens (tertiary/aromatic N) is 3. The van der Waals surface area contributed by atoms with Gasteiger partial charge in [-0.2, -0.15) is 0 Å². The number of amides is 1. The van der Waals surface area contributed by atoms with Crippen molar-refractivity contribution in [1.29, 1.82) is 0 Å². The number of carbonyl (C=O) groups is 1. The van der Waals surface area contributed by atoms with Crippen LogP contribution >= 0.6 is 0 Å². The fourth-order valence-electron chi connectivity index (χ4n) is 3.00. The van der Waals surface area contributed by atoms with Gasteiger partial charge in [-0.1, -0.05) is 0 Å². The maximum absolute atomic E-state index is 12.5. The van der Waals surface area contributed by atoms with Gasteiger partial charge in [-0.25, -0.2) is 4.98 Å². The quantitative estimate of drug-likeness (QED) is 0.733. The Hall–Kier alpha value is -2.67. The van der Waals surface area contributed by atoms with Gasteiger partial charge in [-0.15, -0.1) is 0 Å². The summed E-state index contributed by atoms with van der Waals surface area (Å²) in [5, 5.41) is 3.12. The molecule has 1 aromatic heterocycles. The molecule has 138 valence electrons. The average molecular weight is 355 g/mol. The normalized spacial score (nSPS) is 17.0. The smallest absolute Gasteiger partial charge is 0.251 e. The third kappa shape index (κ3) is 4.92. The van der Waals surface area contributed by atoms with Gasteiger partial charge >= 0.3 is 0 Å². The molecular weight excluding hydrogens is 330 g/mol. The largest absolute Gasteiger partial charge is 0.494 e. The molecule has 1 aliphatic rings. The van der Waals surface area contributed by atoms with Crippen molar-refractivity contribution < 1.29 is 9.53 Å². The van der Waals surface area contributed by atoms with Gasteiger partial charge in [0.2, 0.25) is 0 Å². The van der Waals surface area contributed by atoms with Crippen molar-refractivity contribution in [1.82, 2.24) is 15.3 Å². The molecule has 1 atom stereocenters. The Balaban J connectivity index is 1.54. The zero-order valence-electron chi connectivity index (χ0n) is 14.8. The highest BCUT2D eigenvalue weighted by Crippen LogP contribution is 2.17. The molecule has 1 amide bonds. The van der Waals surface area contributed by atoms with Gasteiger partial charge in [0, 0.05) is 37.1 Å². The lowest BCUT2D eigenvalue weighted by atomic mass is 10.0. The Morgan fingerprint density at radius 1 is 1.31 bits per heavy atom.